The first-order chi connectivity index (χ1) is 8.15. The number of aromatic nitrogens is 2. The molecule has 6 heteroatoms. The third kappa shape index (κ3) is 3.13. The van der Waals surface area contributed by atoms with E-state index in [0.29, 0.717) is 17.4 Å². The number of aliphatic imine (C=N–C) groups is 1. The van der Waals surface area contributed by atoms with Gasteiger partial charge in [0.15, 0.2) is 5.82 Å². The van der Waals surface area contributed by atoms with Crippen molar-refractivity contribution in [2.24, 2.45) is 10.7 Å². The summed E-state index contributed by atoms with van der Waals surface area (Å²) in [6.45, 7) is 4.46. The Morgan fingerprint density at radius 2 is 2.35 bits per heavy atom. The summed E-state index contributed by atoms with van der Waals surface area (Å²) in [7, 11) is 2.07. The number of nitrogens with zero attached hydrogens (tertiary/aromatic N) is 4. The molecular formula is C11H17N5O. The zero-order valence-electron chi connectivity index (χ0n) is 10.2. The molecule has 0 atom stereocenters. The minimum atomic E-state index is 0.358. The fraction of sp³-hybridized carbons (Fsp3) is 0.545. The lowest BCUT2D eigenvalue weighted by molar-refractivity contribution is 0.385. The fourth-order valence-corrected chi connectivity index (χ4v) is 1.72. The van der Waals surface area contributed by atoms with Gasteiger partial charge in [0.25, 0.3) is 5.89 Å². The highest BCUT2D eigenvalue weighted by Crippen LogP contribution is 2.07. The Morgan fingerprint density at radius 1 is 1.53 bits per heavy atom. The number of hydrogen-bond acceptors (Lipinski definition) is 6. The van der Waals surface area contributed by atoms with Crippen LogP contribution in [0.1, 0.15) is 18.1 Å². The quantitative estimate of drug-likeness (QED) is 0.805. The maximum absolute atomic E-state index is 5.90. The van der Waals surface area contributed by atoms with Crippen LogP contribution in [0.2, 0.25) is 0 Å². The third-order valence-corrected chi connectivity index (χ3v) is 2.54. The van der Waals surface area contributed by atoms with Crippen LogP contribution in [0.25, 0.3) is 5.70 Å². The molecule has 1 aromatic rings. The minimum Gasteiger partial charge on any atom is -0.394 e. The predicted molar refractivity (Wildman–Crippen MR) is 65.6 cm³/mol. The van der Waals surface area contributed by atoms with E-state index in [1.165, 1.54) is 0 Å². The smallest absolute Gasteiger partial charge is 0.273 e. The number of nitrogens with two attached hydrogens (primary N) is 1. The Balaban J connectivity index is 2.15. The molecule has 6 nitrogen and oxygen atoms in total. The van der Waals surface area contributed by atoms with Gasteiger partial charge in [-0.1, -0.05) is 5.16 Å². The Labute approximate surface area is 100 Å². The van der Waals surface area contributed by atoms with Crippen LogP contribution >= 0.6 is 0 Å². The zero-order chi connectivity index (χ0) is 12.3. The first-order valence-electron chi connectivity index (χ1n) is 5.65. The normalized spacial score (nSPS) is 18.9. The van der Waals surface area contributed by atoms with Crippen molar-refractivity contribution in [2.75, 3.05) is 26.7 Å². The molecule has 0 saturated carbocycles. The monoisotopic (exact) mass is 235 g/mol. The Hall–Kier alpha value is -1.69. The summed E-state index contributed by atoms with van der Waals surface area (Å²) in [4.78, 5) is 10.8. The van der Waals surface area contributed by atoms with Gasteiger partial charge in [-0.3, -0.25) is 4.99 Å². The van der Waals surface area contributed by atoms with E-state index >= 15 is 0 Å². The maximum Gasteiger partial charge on any atom is 0.273 e. The molecule has 2 N–H and O–H groups in total. The number of aryl methyl sites for hydroxylation is 1. The van der Waals surface area contributed by atoms with Gasteiger partial charge in [0.2, 0.25) is 0 Å². The van der Waals surface area contributed by atoms with Crippen molar-refractivity contribution in [3.8, 4) is 0 Å². The van der Waals surface area contributed by atoms with Crippen LogP contribution in [0.15, 0.2) is 15.6 Å². The van der Waals surface area contributed by atoms with Gasteiger partial charge in [0, 0.05) is 19.6 Å². The molecule has 17 heavy (non-hydrogen) atoms. The molecule has 0 aromatic carbocycles. The fourth-order valence-electron chi connectivity index (χ4n) is 1.72. The minimum absolute atomic E-state index is 0.358. The second-order valence-corrected chi connectivity index (χ2v) is 4.21. The zero-order valence-corrected chi connectivity index (χ0v) is 10.2. The number of rotatable bonds is 2. The van der Waals surface area contributed by atoms with Crippen LogP contribution < -0.4 is 5.73 Å². The van der Waals surface area contributed by atoms with E-state index in [4.69, 9.17) is 10.3 Å². The van der Waals surface area contributed by atoms with E-state index in [0.717, 1.165) is 31.8 Å². The highest BCUT2D eigenvalue weighted by molar-refractivity contribution is 6.01. The van der Waals surface area contributed by atoms with Crippen LogP contribution in [-0.4, -0.2) is 47.4 Å². The maximum atomic E-state index is 5.90. The molecule has 0 radical (unpaired) electrons. The van der Waals surface area contributed by atoms with Crippen molar-refractivity contribution in [3.63, 3.8) is 0 Å². The molecule has 0 unspecified atom stereocenters. The van der Waals surface area contributed by atoms with Gasteiger partial charge in [0.05, 0.1) is 11.4 Å². The summed E-state index contributed by atoms with van der Waals surface area (Å²) in [6.07, 6.45) is 2.89. The lowest BCUT2D eigenvalue weighted by atomic mass is 10.2. The van der Waals surface area contributed by atoms with Crippen molar-refractivity contribution in [2.45, 2.75) is 13.3 Å². The molecule has 0 spiro atoms. The second-order valence-electron chi connectivity index (χ2n) is 4.21. The van der Waals surface area contributed by atoms with Gasteiger partial charge in [-0.2, -0.15) is 4.98 Å². The molecule has 0 saturated heterocycles. The average molecular weight is 235 g/mol. The Morgan fingerprint density at radius 3 is 3.06 bits per heavy atom. The van der Waals surface area contributed by atoms with Crippen LogP contribution in [-0.2, 0) is 0 Å². The molecule has 0 aliphatic carbocycles. The Bertz CT molecular complexity index is 448. The van der Waals surface area contributed by atoms with E-state index in [2.05, 4.69) is 27.1 Å². The van der Waals surface area contributed by atoms with Crippen LogP contribution in [0.3, 0.4) is 0 Å². The van der Waals surface area contributed by atoms with Gasteiger partial charge >= 0.3 is 0 Å². The van der Waals surface area contributed by atoms with Crippen LogP contribution in [0.4, 0.5) is 0 Å². The summed E-state index contributed by atoms with van der Waals surface area (Å²) >= 11 is 0. The van der Waals surface area contributed by atoms with Crippen molar-refractivity contribution < 1.29 is 4.52 Å². The molecule has 1 aliphatic rings. The highest BCUT2D eigenvalue weighted by atomic mass is 16.5. The highest BCUT2D eigenvalue weighted by Gasteiger charge is 2.10. The van der Waals surface area contributed by atoms with Gasteiger partial charge in [-0.25, -0.2) is 0 Å². The molecule has 1 aromatic heterocycles. The number of hydrogen-bond donors (Lipinski definition) is 1. The predicted octanol–water partition coefficient (Wildman–Crippen LogP) is 0.454. The van der Waals surface area contributed by atoms with Crippen LogP contribution in [0, 0.1) is 6.92 Å². The first kappa shape index (κ1) is 11.8. The van der Waals surface area contributed by atoms with Crippen LogP contribution in [0.5, 0.6) is 0 Å². The summed E-state index contributed by atoms with van der Waals surface area (Å²) in [6, 6.07) is 0. The second kappa shape index (κ2) is 5.09. The summed E-state index contributed by atoms with van der Waals surface area (Å²) < 4.78 is 5.00. The Kier molecular flexibility index (Phi) is 3.53. The van der Waals surface area contributed by atoms with E-state index < -0.39 is 0 Å². The van der Waals surface area contributed by atoms with E-state index in [9.17, 15) is 0 Å². The van der Waals surface area contributed by atoms with Gasteiger partial charge < -0.3 is 15.2 Å². The van der Waals surface area contributed by atoms with Gasteiger partial charge in [0.1, 0.15) is 0 Å². The average Bonchev–Trinajstić information content (AvgIpc) is 2.61. The van der Waals surface area contributed by atoms with Crippen molar-refractivity contribution in [1.82, 2.24) is 15.0 Å². The van der Waals surface area contributed by atoms with Gasteiger partial charge in [-0.15, -0.1) is 0 Å². The summed E-state index contributed by atoms with van der Waals surface area (Å²) in [5.74, 6) is 0.938. The van der Waals surface area contributed by atoms with Gasteiger partial charge in [-0.05, 0) is 26.5 Å². The summed E-state index contributed by atoms with van der Waals surface area (Å²) in [5, 5.41) is 3.71. The molecule has 2 heterocycles. The molecule has 92 valence electrons. The third-order valence-electron chi connectivity index (χ3n) is 2.54. The summed E-state index contributed by atoms with van der Waals surface area (Å²) in [5.41, 5.74) is 7.33. The van der Waals surface area contributed by atoms with Crippen molar-refractivity contribution in [1.29, 1.82) is 0 Å². The van der Waals surface area contributed by atoms with E-state index in [-0.39, 0.29) is 0 Å². The molecule has 0 fully saturated rings. The van der Waals surface area contributed by atoms with E-state index in [1.54, 1.807) is 6.92 Å². The standard InChI is InChI=1S/C11H17N5O/c1-8-14-11(17-15-8)10(12)6-9-7-16(2)5-3-4-13-9/h6H,3-5,7,12H2,1-2H3/b10-6-. The molecular weight excluding hydrogens is 218 g/mol. The SMILES string of the molecule is Cc1noc(/C(N)=C/C2=NCCCN(C)C2)n1. The van der Waals surface area contributed by atoms with Crippen molar-refractivity contribution in [3.05, 3.63) is 17.8 Å². The lowest BCUT2D eigenvalue weighted by Crippen LogP contribution is -2.24. The largest absolute Gasteiger partial charge is 0.394 e. The molecule has 2 rings (SSSR count). The topological polar surface area (TPSA) is 80.5 Å². The molecule has 1 aliphatic heterocycles. The molecule has 0 amide bonds. The van der Waals surface area contributed by atoms with Crippen molar-refractivity contribution >= 4 is 11.4 Å². The van der Waals surface area contributed by atoms with E-state index in [1.807, 2.05) is 6.08 Å². The molecule has 0 bridgehead atoms. The first-order valence-corrected chi connectivity index (χ1v) is 5.65. The lowest BCUT2D eigenvalue weighted by Gasteiger charge is -2.12.